The summed E-state index contributed by atoms with van der Waals surface area (Å²) in [6, 6.07) is 24.3. The zero-order valence-electron chi connectivity index (χ0n) is 17.8. The van der Waals surface area contributed by atoms with Crippen molar-refractivity contribution < 1.29 is 4.79 Å². The van der Waals surface area contributed by atoms with Crippen LogP contribution in [0.5, 0.6) is 0 Å². The quantitative estimate of drug-likeness (QED) is 0.221. The minimum Gasteiger partial charge on any atom is -0.333 e. The van der Waals surface area contributed by atoms with Gasteiger partial charge in [0.25, 0.3) is 5.91 Å². The number of aromatic amines is 1. The van der Waals surface area contributed by atoms with E-state index in [0.717, 1.165) is 22.2 Å². The number of β-lactam (4-membered cyclic amide) rings is 1. The number of carbonyl (C=O) groups is 1. The van der Waals surface area contributed by atoms with E-state index in [1.54, 1.807) is 9.69 Å². The van der Waals surface area contributed by atoms with Crippen LogP contribution in [-0.2, 0) is 11.3 Å². The van der Waals surface area contributed by atoms with Gasteiger partial charge >= 0.3 is 0 Å². The SMILES string of the molecule is Cc1cccc(C2C(Cl)C(=O)N2n2c(Cn3c4ccccc4c4ccccc43)n[nH]c2=S)c1. The van der Waals surface area contributed by atoms with Crippen molar-refractivity contribution in [1.29, 1.82) is 0 Å². The van der Waals surface area contributed by atoms with Crippen LogP contribution < -0.4 is 5.01 Å². The van der Waals surface area contributed by atoms with E-state index in [2.05, 4.69) is 45.1 Å². The number of aryl methyl sites for hydroxylation is 1. The number of para-hydroxylation sites is 2. The van der Waals surface area contributed by atoms with E-state index in [-0.39, 0.29) is 11.9 Å². The molecule has 1 amide bonds. The van der Waals surface area contributed by atoms with Gasteiger partial charge in [0.05, 0.1) is 6.54 Å². The van der Waals surface area contributed by atoms with Gasteiger partial charge in [-0.05, 0) is 36.8 Å². The summed E-state index contributed by atoms with van der Waals surface area (Å²) in [5.41, 5.74) is 4.27. The fourth-order valence-corrected chi connectivity index (χ4v) is 5.38. The first-order valence-corrected chi connectivity index (χ1v) is 11.6. The predicted octanol–water partition coefficient (Wildman–Crippen LogP) is 5.23. The highest BCUT2D eigenvalue weighted by Gasteiger charge is 2.49. The second-order valence-corrected chi connectivity index (χ2v) is 9.18. The largest absolute Gasteiger partial charge is 0.333 e. The lowest BCUT2D eigenvalue weighted by Crippen LogP contribution is -2.62. The number of amides is 1. The third-order valence-electron chi connectivity index (χ3n) is 6.30. The summed E-state index contributed by atoms with van der Waals surface area (Å²) in [5.74, 6) is 0.449. The van der Waals surface area contributed by atoms with Gasteiger partial charge in [0.2, 0.25) is 4.77 Å². The van der Waals surface area contributed by atoms with Gasteiger partial charge < -0.3 is 4.57 Å². The van der Waals surface area contributed by atoms with Crippen molar-refractivity contribution >= 4 is 51.5 Å². The third-order valence-corrected chi connectivity index (χ3v) is 6.99. The lowest BCUT2D eigenvalue weighted by Gasteiger charge is -2.44. The Morgan fingerprint density at radius 1 is 1.00 bits per heavy atom. The Balaban J connectivity index is 1.48. The van der Waals surface area contributed by atoms with Gasteiger partial charge in [-0.3, -0.25) is 9.89 Å². The highest BCUT2D eigenvalue weighted by molar-refractivity contribution is 7.71. The maximum Gasteiger partial charge on any atom is 0.262 e. The van der Waals surface area contributed by atoms with Crippen LogP contribution in [0.15, 0.2) is 72.8 Å². The van der Waals surface area contributed by atoms with E-state index in [1.807, 2.05) is 49.4 Å². The van der Waals surface area contributed by atoms with E-state index in [1.165, 1.54) is 10.8 Å². The number of nitrogens with zero attached hydrogens (tertiary/aromatic N) is 4. The van der Waals surface area contributed by atoms with Crippen molar-refractivity contribution in [1.82, 2.24) is 19.4 Å². The molecule has 2 unspecified atom stereocenters. The number of halogens is 1. The molecule has 1 aliphatic rings. The molecule has 1 N–H and O–H groups in total. The van der Waals surface area contributed by atoms with Gasteiger partial charge in [-0.25, -0.2) is 9.69 Å². The van der Waals surface area contributed by atoms with Gasteiger partial charge in [-0.1, -0.05) is 66.2 Å². The van der Waals surface area contributed by atoms with Gasteiger partial charge in [-0.15, -0.1) is 11.6 Å². The molecule has 3 heterocycles. The Hall–Kier alpha value is -3.42. The van der Waals surface area contributed by atoms with E-state index in [0.29, 0.717) is 17.1 Å². The molecule has 6 rings (SSSR count). The highest BCUT2D eigenvalue weighted by atomic mass is 35.5. The molecular weight excluding hydrogens is 454 g/mol. The van der Waals surface area contributed by atoms with Gasteiger partial charge in [0, 0.05) is 21.8 Å². The number of alkyl halides is 1. The lowest BCUT2D eigenvalue weighted by molar-refractivity contribution is -0.126. The van der Waals surface area contributed by atoms with Crippen molar-refractivity contribution in [3.05, 3.63) is 94.5 Å². The first-order valence-electron chi connectivity index (χ1n) is 10.7. The monoisotopic (exact) mass is 473 g/mol. The van der Waals surface area contributed by atoms with Crippen LogP contribution in [0, 0.1) is 11.7 Å². The number of nitrogens with one attached hydrogen (secondary N) is 1. The minimum atomic E-state index is -0.648. The zero-order valence-corrected chi connectivity index (χ0v) is 19.3. The number of fused-ring (bicyclic) bond motifs is 3. The molecule has 2 aromatic heterocycles. The first kappa shape index (κ1) is 20.2. The molecule has 0 aliphatic carbocycles. The Labute approximate surface area is 200 Å². The second kappa shape index (κ2) is 7.57. The lowest BCUT2D eigenvalue weighted by atomic mass is 9.94. The average molecular weight is 474 g/mol. The van der Waals surface area contributed by atoms with Crippen molar-refractivity contribution in [2.24, 2.45) is 0 Å². The topological polar surface area (TPSA) is 58.9 Å². The summed E-state index contributed by atoms with van der Waals surface area (Å²) in [6.07, 6.45) is 0. The van der Waals surface area contributed by atoms with Gasteiger partial charge in [0.15, 0.2) is 5.82 Å². The van der Waals surface area contributed by atoms with Crippen LogP contribution in [0.25, 0.3) is 21.8 Å². The number of aromatic nitrogens is 4. The predicted molar refractivity (Wildman–Crippen MR) is 133 cm³/mol. The van der Waals surface area contributed by atoms with Crippen LogP contribution in [-0.4, -0.2) is 30.7 Å². The van der Waals surface area contributed by atoms with Crippen molar-refractivity contribution in [3.8, 4) is 0 Å². The van der Waals surface area contributed by atoms with Crippen molar-refractivity contribution in [2.45, 2.75) is 24.9 Å². The number of benzene rings is 3. The Bertz CT molecular complexity index is 1550. The molecular formula is C25H20ClN5OS. The Morgan fingerprint density at radius 3 is 2.33 bits per heavy atom. The number of carbonyl (C=O) groups excluding carboxylic acids is 1. The normalized spacial score (nSPS) is 18.2. The summed E-state index contributed by atoms with van der Waals surface area (Å²) in [7, 11) is 0. The van der Waals surface area contributed by atoms with Crippen LogP contribution in [0.3, 0.4) is 0 Å². The molecule has 6 nitrogen and oxygen atoms in total. The summed E-state index contributed by atoms with van der Waals surface area (Å²) >= 11 is 12.0. The third kappa shape index (κ3) is 3.03. The van der Waals surface area contributed by atoms with Crippen molar-refractivity contribution in [3.63, 3.8) is 0 Å². The van der Waals surface area contributed by atoms with Crippen molar-refractivity contribution in [2.75, 3.05) is 5.01 Å². The standard InChI is InChI=1S/C25H20ClN5OS/c1-15-7-6-8-16(13-15)23-22(26)24(32)31(23)30-21(27-28-25(30)33)14-29-19-11-4-2-9-17(19)18-10-3-5-12-20(18)29/h2-13,22-23H,14H2,1H3,(H,28,33). The van der Waals surface area contributed by atoms with Crippen LogP contribution in [0.1, 0.15) is 23.0 Å². The molecule has 1 saturated heterocycles. The molecule has 33 heavy (non-hydrogen) atoms. The summed E-state index contributed by atoms with van der Waals surface area (Å²) < 4.78 is 4.27. The fraction of sp³-hybridized carbons (Fsp3) is 0.160. The number of H-pyrrole nitrogens is 1. The fourth-order valence-electron chi connectivity index (χ4n) is 4.79. The molecule has 1 fully saturated rings. The van der Waals surface area contributed by atoms with Gasteiger partial charge in [-0.2, -0.15) is 5.10 Å². The highest BCUT2D eigenvalue weighted by Crippen LogP contribution is 2.38. The van der Waals surface area contributed by atoms with Crippen LogP contribution in [0.2, 0.25) is 0 Å². The molecule has 2 atom stereocenters. The molecule has 0 spiro atoms. The minimum absolute atomic E-state index is 0.191. The maximum absolute atomic E-state index is 12.9. The summed E-state index contributed by atoms with van der Waals surface area (Å²) in [5, 5.41) is 10.7. The van der Waals surface area contributed by atoms with Crippen LogP contribution >= 0.6 is 23.8 Å². The molecule has 0 saturated carbocycles. The molecule has 0 bridgehead atoms. The number of rotatable bonds is 4. The maximum atomic E-state index is 12.9. The second-order valence-electron chi connectivity index (χ2n) is 8.32. The summed E-state index contributed by atoms with van der Waals surface area (Å²) in [6.45, 7) is 2.47. The molecule has 1 aliphatic heterocycles. The van der Waals surface area contributed by atoms with Gasteiger partial charge in [0.1, 0.15) is 11.4 Å². The molecule has 8 heteroatoms. The molecule has 3 aromatic carbocycles. The van der Waals surface area contributed by atoms with E-state index >= 15 is 0 Å². The molecule has 0 radical (unpaired) electrons. The smallest absolute Gasteiger partial charge is 0.262 e. The molecule has 5 aromatic rings. The first-order chi connectivity index (χ1) is 16.0. The van der Waals surface area contributed by atoms with E-state index < -0.39 is 5.38 Å². The Kier molecular flexibility index (Phi) is 4.64. The zero-order chi connectivity index (χ0) is 22.7. The summed E-state index contributed by atoms with van der Waals surface area (Å²) in [4.78, 5) is 12.9. The van der Waals surface area contributed by atoms with Crippen LogP contribution in [0.4, 0.5) is 0 Å². The number of hydrogen-bond donors (Lipinski definition) is 1. The Morgan fingerprint density at radius 2 is 1.67 bits per heavy atom. The van der Waals surface area contributed by atoms with E-state index in [9.17, 15) is 4.79 Å². The average Bonchev–Trinajstić information content (AvgIpc) is 3.35. The number of hydrogen-bond acceptors (Lipinski definition) is 3. The molecule has 164 valence electrons. The van der Waals surface area contributed by atoms with E-state index in [4.69, 9.17) is 23.8 Å².